The molecule has 0 aliphatic heterocycles. The number of rotatable bonds is 7. The highest BCUT2D eigenvalue weighted by molar-refractivity contribution is 9.10. The van der Waals surface area contributed by atoms with Crippen molar-refractivity contribution >= 4 is 43.3 Å². The molecule has 0 amide bonds. The molecule has 0 saturated heterocycles. The molecule has 0 atom stereocenters. The van der Waals surface area contributed by atoms with Crippen molar-refractivity contribution in [3.05, 3.63) is 58.0 Å². The van der Waals surface area contributed by atoms with Crippen molar-refractivity contribution in [3.8, 4) is 11.5 Å². The first-order valence-corrected chi connectivity index (χ1v) is 11.1. The Morgan fingerprint density at radius 3 is 2.52 bits per heavy atom. The van der Waals surface area contributed by atoms with E-state index in [2.05, 4.69) is 33.2 Å². The van der Waals surface area contributed by atoms with E-state index in [1.807, 2.05) is 0 Å². The molecule has 0 aliphatic carbocycles. The minimum Gasteiger partial charge on any atom is -0.419 e. The number of halogens is 2. The van der Waals surface area contributed by atoms with Gasteiger partial charge in [-0.3, -0.25) is 0 Å². The number of aromatic nitrogens is 1. The summed E-state index contributed by atoms with van der Waals surface area (Å²) in [5, 5.41) is 3.34. The SMILES string of the molecule is CCCCNc1oc(-c2ccccc2Cl)nc1S(=O)(=O)c1ccc(Br)cc1. The maximum Gasteiger partial charge on any atom is 0.233 e. The second-order valence-electron chi connectivity index (χ2n) is 5.87. The fourth-order valence-electron chi connectivity index (χ4n) is 2.45. The van der Waals surface area contributed by atoms with Crippen molar-refractivity contribution in [1.82, 2.24) is 4.98 Å². The van der Waals surface area contributed by atoms with E-state index in [0.29, 0.717) is 17.1 Å². The van der Waals surface area contributed by atoms with E-state index >= 15 is 0 Å². The molecule has 3 aromatic rings. The fourth-order valence-corrected chi connectivity index (χ4v) is 4.21. The third kappa shape index (κ3) is 4.36. The van der Waals surface area contributed by atoms with Crippen molar-refractivity contribution < 1.29 is 12.8 Å². The van der Waals surface area contributed by atoms with E-state index < -0.39 is 9.84 Å². The second kappa shape index (κ2) is 8.46. The average Bonchev–Trinajstić information content (AvgIpc) is 3.07. The van der Waals surface area contributed by atoms with E-state index in [1.54, 1.807) is 36.4 Å². The second-order valence-corrected chi connectivity index (χ2v) is 9.06. The van der Waals surface area contributed by atoms with Gasteiger partial charge < -0.3 is 9.73 Å². The van der Waals surface area contributed by atoms with Crippen molar-refractivity contribution in [1.29, 1.82) is 0 Å². The number of nitrogens with zero attached hydrogens (tertiary/aromatic N) is 1. The van der Waals surface area contributed by atoms with Crippen molar-refractivity contribution in [2.24, 2.45) is 0 Å². The summed E-state index contributed by atoms with van der Waals surface area (Å²) in [7, 11) is -3.85. The molecule has 27 heavy (non-hydrogen) atoms. The number of hydrogen-bond acceptors (Lipinski definition) is 5. The van der Waals surface area contributed by atoms with Crippen molar-refractivity contribution in [3.63, 3.8) is 0 Å². The normalized spacial score (nSPS) is 11.5. The van der Waals surface area contributed by atoms with Gasteiger partial charge in [-0.1, -0.05) is 53.0 Å². The quantitative estimate of drug-likeness (QED) is 0.443. The van der Waals surface area contributed by atoms with Crippen LogP contribution in [0.5, 0.6) is 0 Å². The summed E-state index contributed by atoms with van der Waals surface area (Å²) in [6.45, 7) is 2.63. The molecular weight excluding hydrogens is 452 g/mol. The van der Waals surface area contributed by atoms with Crippen molar-refractivity contribution in [2.75, 3.05) is 11.9 Å². The first kappa shape index (κ1) is 19.9. The molecule has 2 aromatic carbocycles. The standard InChI is InChI=1S/C19H18BrClN2O3S/c1-2-3-12-22-18-19(27(24,25)14-10-8-13(20)9-11-14)23-17(26-18)15-6-4-5-7-16(15)21/h4-11,22H,2-3,12H2,1H3. The van der Waals surface area contributed by atoms with Gasteiger partial charge in [-0.25, -0.2) is 8.42 Å². The molecule has 1 heterocycles. The molecule has 8 heteroatoms. The summed E-state index contributed by atoms with van der Waals surface area (Å²) in [5.41, 5.74) is 0.537. The predicted molar refractivity (Wildman–Crippen MR) is 110 cm³/mol. The van der Waals surface area contributed by atoms with Crippen LogP contribution in [0.1, 0.15) is 19.8 Å². The zero-order valence-corrected chi connectivity index (χ0v) is 17.7. The van der Waals surface area contributed by atoms with E-state index in [9.17, 15) is 8.42 Å². The van der Waals surface area contributed by atoms with E-state index in [4.69, 9.17) is 16.0 Å². The first-order valence-electron chi connectivity index (χ1n) is 8.43. The van der Waals surface area contributed by atoms with Crippen LogP contribution in [0.4, 0.5) is 5.88 Å². The molecule has 0 radical (unpaired) electrons. The molecule has 142 valence electrons. The molecule has 5 nitrogen and oxygen atoms in total. The van der Waals surface area contributed by atoms with Gasteiger partial charge in [0.1, 0.15) is 0 Å². The van der Waals surface area contributed by atoms with Crippen LogP contribution in [0, 0.1) is 0 Å². The van der Waals surface area contributed by atoms with Gasteiger partial charge in [0.25, 0.3) is 0 Å². The number of nitrogens with one attached hydrogen (secondary N) is 1. The van der Waals surface area contributed by atoms with Crippen LogP contribution in [-0.4, -0.2) is 19.9 Å². The number of oxazole rings is 1. The summed E-state index contributed by atoms with van der Waals surface area (Å²) in [6, 6.07) is 13.4. The van der Waals surface area contributed by atoms with Crippen LogP contribution in [0.2, 0.25) is 5.02 Å². The summed E-state index contributed by atoms with van der Waals surface area (Å²) < 4.78 is 32.8. The van der Waals surface area contributed by atoms with Gasteiger partial charge in [-0.2, -0.15) is 4.98 Å². The Bertz CT molecular complexity index is 1030. The Morgan fingerprint density at radius 1 is 1.15 bits per heavy atom. The van der Waals surface area contributed by atoms with Crippen LogP contribution < -0.4 is 5.32 Å². The maximum absolute atomic E-state index is 13.1. The molecule has 3 rings (SSSR count). The lowest BCUT2D eigenvalue weighted by Crippen LogP contribution is -2.08. The summed E-state index contributed by atoms with van der Waals surface area (Å²) in [4.78, 5) is 4.42. The van der Waals surface area contributed by atoms with E-state index in [-0.39, 0.29) is 21.7 Å². The summed E-state index contributed by atoms with van der Waals surface area (Å²) >= 11 is 9.53. The van der Waals surface area contributed by atoms with Crippen LogP contribution in [0.25, 0.3) is 11.5 Å². The lowest BCUT2D eigenvalue weighted by Gasteiger charge is -2.05. The number of benzene rings is 2. The Labute approximate surface area is 171 Å². The van der Waals surface area contributed by atoms with Gasteiger partial charge in [-0.15, -0.1) is 0 Å². The Balaban J connectivity index is 2.09. The van der Waals surface area contributed by atoms with Gasteiger partial charge in [0.05, 0.1) is 15.5 Å². The third-order valence-corrected chi connectivity index (χ3v) is 6.43. The minimum absolute atomic E-state index is 0.126. The maximum atomic E-state index is 13.1. The smallest absolute Gasteiger partial charge is 0.233 e. The van der Waals surface area contributed by atoms with Crippen LogP contribution >= 0.6 is 27.5 Å². The van der Waals surface area contributed by atoms with Gasteiger partial charge in [0, 0.05) is 11.0 Å². The number of sulfone groups is 1. The van der Waals surface area contributed by atoms with Crippen LogP contribution in [0.3, 0.4) is 0 Å². The van der Waals surface area contributed by atoms with Gasteiger partial charge in [-0.05, 0) is 42.8 Å². The van der Waals surface area contributed by atoms with E-state index in [0.717, 1.165) is 17.3 Å². The Hall–Kier alpha value is -1.83. The molecule has 0 spiro atoms. The van der Waals surface area contributed by atoms with Gasteiger partial charge >= 0.3 is 0 Å². The Kier molecular flexibility index (Phi) is 6.24. The monoisotopic (exact) mass is 468 g/mol. The lowest BCUT2D eigenvalue weighted by molar-refractivity contribution is 0.575. The van der Waals surface area contributed by atoms with Crippen LogP contribution in [-0.2, 0) is 9.84 Å². The van der Waals surface area contributed by atoms with E-state index in [1.165, 1.54) is 12.1 Å². The molecule has 0 fully saturated rings. The fraction of sp³-hybridized carbons (Fsp3) is 0.211. The van der Waals surface area contributed by atoms with Gasteiger partial charge in [0.15, 0.2) is 0 Å². The number of unbranched alkanes of at least 4 members (excludes halogenated alkanes) is 1. The third-order valence-electron chi connectivity index (χ3n) is 3.89. The zero-order chi connectivity index (χ0) is 19.4. The number of hydrogen-bond donors (Lipinski definition) is 1. The highest BCUT2D eigenvalue weighted by Crippen LogP contribution is 2.35. The van der Waals surface area contributed by atoms with Crippen molar-refractivity contribution in [2.45, 2.75) is 29.7 Å². The molecule has 0 unspecified atom stereocenters. The largest absolute Gasteiger partial charge is 0.419 e. The highest BCUT2D eigenvalue weighted by atomic mass is 79.9. The minimum atomic E-state index is -3.85. The molecule has 0 aliphatic rings. The highest BCUT2D eigenvalue weighted by Gasteiger charge is 2.28. The average molecular weight is 470 g/mol. The molecule has 1 aromatic heterocycles. The summed E-state index contributed by atoms with van der Waals surface area (Å²) in [6.07, 6.45) is 1.84. The number of anilines is 1. The topological polar surface area (TPSA) is 72.2 Å². The Morgan fingerprint density at radius 2 is 1.85 bits per heavy atom. The summed E-state index contributed by atoms with van der Waals surface area (Å²) in [5.74, 6) is 0.288. The first-order chi connectivity index (χ1) is 12.9. The molecular formula is C19H18BrClN2O3S. The molecule has 1 N–H and O–H groups in total. The molecule has 0 bridgehead atoms. The van der Waals surface area contributed by atoms with Gasteiger partial charge in [0.2, 0.25) is 26.6 Å². The zero-order valence-electron chi connectivity index (χ0n) is 14.6. The van der Waals surface area contributed by atoms with Crippen LogP contribution in [0.15, 0.2) is 67.3 Å². The molecule has 0 saturated carbocycles. The lowest BCUT2D eigenvalue weighted by atomic mass is 10.2. The predicted octanol–water partition coefficient (Wildman–Crippen LogP) is 5.80.